The molecule has 24 heavy (non-hydrogen) atoms. The van der Waals surface area contributed by atoms with Crippen molar-refractivity contribution in [3.05, 3.63) is 68.2 Å². The molecule has 4 nitrogen and oxygen atoms in total. The molecule has 0 N–H and O–H groups in total. The monoisotopic (exact) mass is 386 g/mol. The minimum atomic E-state index is -0.350. The molecule has 0 saturated heterocycles. The summed E-state index contributed by atoms with van der Waals surface area (Å²) in [6.45, 7) is 5.38. The number of hydrogen-bond acceptors (Lipinski definition) is 3. The van der Waals surface area contributed by atoms with Crippen LogP contribution >= 0.6 is 15.9 Å². The van der Waals surface area contributed by atoms with E-state index < -0.39 is 0 Å². The van der Waals surface area contributed by atoms with Crippen LogP contribution in [0, 0.1) is 13.8 Å². The number of aryl methyl sites for hydroxylation is 2. The SMILES string of the molecule is Cc1c(Br)c(=O)oc2c(C)c3c(cc12)C(C[n+]1ccccc1)CO3. The Morgan fingerprint density at radius 3 is 2.71 bits per heavy atom. The van der Waals surface area contributed by atoms with Gasteiger partial charge >= 0.3 is 5.63 Å². The average molecular weight is 387 g/mol. The number of fused-ring (bicyclic) bond motifs is 2. The van der Waals surface area contributed by atoms with E-state index in [1.807, 2.05) is 32.0 Å². The predicted molar refractivity (Wildman–Crippen MR) is 94.5 cm³/mol. The predicted octanol–water partition coefficient (Wildman–Crippen LogP) is 3.64. The van der Waals surface area contributed by atoms with E-state index >= 15 is 0 Å². The Hall–Kier alpha value is -2.14. The van der Waals surface area contributed by atoms with Crippen molar-refractivity contribution >= 4 is 26.9 Å². The Bertz CT molecular complexity index is 995. The molecule has 0 fully saturated rings. The molecule has 0 saturated carbocycles. The molecule has 1 atom stereocenters. The number of halogens is 1. The second-order valence-corrected chi connectivity index (χ2v) is 7.00. The molecule has 0 bridgehead atoms. The van der Waals surface area contributed by atoms with Crippen molar-refractivity contribution in [2.75, 3.05) is 6.61 Å². The van der Waals surface area contributed by atoms with Crippen molar-refractivity contribution in [1.29, 1.82) is 0 Å². The molecule has 1 aliphatic rings. The van der Waals surface area contributed by atoms with Gasteiger partial charge in [0, 0.05) is 28.6 Å². The zero-order valence-electron chi connectivity index (χ0n) is 13.5. The van der Waals surface area contributed by atoms with E-state index in [-0.39, 0.29) is 11.5 Å². The lowest BCUT2D eigenvalue weighted by molar-refractivity contribution is -0.699. The van der Waals surface area contributed by atoms with Crippen LogP contribution < -0.4 is 14.9 Å². The first-order valence-electron chi connectivity index (χ1n) is 7.89. The Kier molecular flexibility index (Phi) is 3.68. The largest absolute Gasteiger partial charge is 0.492 e. The van der Waals surface area contributed by atoms with Crippen LogP contribution in [0.25, 0.3) is 11.0 Å². The Labute approximate surface area is 147 Å². The van der Waals surface area contributed by atoms with Crippen LogP contribution in [0.2, 0.25) is 0 Å². The molecule has 4 rings (SSSR count). The fraction of sp³-hybridized carbons (Fsp3) is 0.263. The summed E-state index contributed by atoms with van der Waals surface area (Å²) in [5, 5.41) is 0.964. The van der Waals surface area contributed by atoms with E-state index in [0.717, 1.165) is 28.8 Å². The zero-order valence-corrected chi connectivity index (χ0v) is 15.1. The molecular weight excluding hydrogens is 370 g/mol. The molecule has 0 spiro atoms. The molecule has 122 valence electrons. The van der Waals surface area contributed by atoms with Crippen molar-refractivity contribution in [2.45, 2.75) is 26.3 Å². The summed E-state index contributed by atoms with van der Waals surface area (Å²) in [6.07, 6.45) is 4.12. The lowest BCUT2D eigenvalue weighted by Gasteiger charge is -2.11. The molecule has 5 heteroatoms. The van der Waals surface area contributed by atoms with Crippen LogP contribution in [0.5, 0.6) is 5.75 Å². The Morgan fingerprint density at radius 2 is 1.96 bits per heavy atom. The van der Waals surface area contributed by atoms with Crippen LogP contribution in [0.3, 0.4) is 0 Å². The van der Waals surface area contributed by atoms with E-state index in [9.17, 15) is 4.79 Å². The maximum absolute atomic E-state index is 12.0. The van der Waals surface area contributed by atoms with Crippen LogP contribution in [0.1, 0.15) is 22.6 Å². The van der Waals surface area contributed by atoms with Gasteiger partial charge < -0.3 is 9.15 Å². The third-order valence-electron chi connectivity index (χ3n) is 4.67. The fourth-order valence-electron chi connectivity index (χ4n) is 3.36. The number of benzene rings is 1. The summed E-state index contributed by atoms with van der Waals surface area (Å²) in [6, 6.07) is 8.18. The first-order chi connectivity index (χ1) is 11.6. The summed E-state index contributed by atoms with van der Waals surface area (Å²) in [5.74, 6) is 1.13. The van der Waals surface area contributed by atoms with Crippen LogP contribution in [0.4, 0.5) is 0 Å². The van der Waals surface area contributed by atoms with Crippen molar-refractivity contribution < 1.29 is 13.7 Å². The maximum Gasteiger partial charge on any atom is 0.350 e. The first-order valence-corrected chi connectivity index (χ1v) is 8.69. The number of ether oxygens (including phenoxy) is 1. The van der Waals surface area contributed by atoms with Gasteiger partial charge in [-0.15, -0.1) is 0 Å². The molecule has 0 aliphatic carbocycles. The van der Waals surface area contributed by atoms with Crippen LogP contribution in [-0.2, 0) is 6.54 Å². The lowest BCUT2D eigenvalue weighted by atomic mass is 9.95. The van der Waals surface area contributed by atoms with Crippen LogP contribution in [0.15, 0.2) is 50.3 Å². The minimum absolute atomic E-state index is 0.278. The van der Waals surface area contributed by atoms with E-state index in [1.54, 1.807) is 0 Å². The van der Waals surface area contributed by atoms with Crippen molar-refractivity contribution in [3.63, 3.8) is 0 Å². The van der Waals surface area contributed by atoms with Gasteiger partial charge in [-0.1, -0.05) is 6.07 Å². The smallest absolute Gasteiger partial charge is 0.350 e. The number of rotatable bonds is 2. The third kappa shape index (κ3) is 2.35. The van der Waals surface area contributed by atoms with Crippen molar-refractivity contribution in [2.24, 2.45) is 0 Å². The number of aromatic nitrogens is 1. The molecule has 0 amide bonds. The summed E-state index contributed by atoms with van der Waals surface area (Å²) in [7, 11) is 0. The molecule has 2 aromatic heterocycles. The average Bonchev–Trinajstić information content (AvgIpc) is 2.98. The van der Waals surface area contributed by atoms with Crippen molar-refractivity contribution in [1.82, 2.24) is 0 Å². The van der Waals surface area contributed by atoms with Gasteiger partial charge in [-0.2, -0.15) is 0 Å². The second-order valence-electron chi connectivity index (χ2n) is 6.21. The number of pyridine rings is 1. The van der Waals surface area contributed by atoms with Gasteiger partial charge in [0.25, 0.3) is 0 Å². The van der Waals surface area contributed by atoms with E-state index in [2.05, 4.69) is 39.0 Å². The summed E-state index contributed by atoms with van der Waals surface area (Å²) >= 11 is 3.33. The highest BCUT2D eigenvalue weighted by molar-refractivity contribution is 9.10. The maximum atomic E-state index is 12.0. The van der Waals surface area contributed by atoms with Gasteiger partial charge in [0.15, 0.2) is 18.9 Å². The Morgan fingerprint density at radius 1 is 1.21 bits per heavy atom. The topological polar surface area (TPSA) is 43.3 Å². The van der Waals surface area contributed by atoms with Gasteiger partial charge in [-0.25, -0.2) is 9.36 Å². The van der Waals surface area contributed by atoms with E-state index in [0.29, 0.717) is 16.7 Å². The van der Waals surface area contributed by atoms with Gasteiger partial charge in [0.05, 0.1) is 5.92 Å². The summed E-state index contributed by atoms with van der Waals surface area (Å²) in [5.41, 5.74) is 3.26. The molecule has 1 unspecified atom stereocenters. The fourth-order valence-corrected chi connectivity index (χ4v) is 3.65. The molecular formula is C19H17BrNO3+. The standard InChI is InChI=1S/C19H17BrNO3/c1-11-14-8-15-13(9-21-6-4-3-5-7-21)10-23-17(15)12(2)18(14)24-19(22)16(11)20/h3-8,13H,9-10H2,1-2H3/q+1. The van der Waals surface area contributed by atoms with Gasteiger partial charge in [0.2, 0.25) is 0 Å². The van der Waals surface area contributed by atoms with E-state index in [4.69, 9.17) is 9.15 Å². The Balaban J connectivity index is 1.87. The quantitative estimate of drug-likeness (QED) is 0.498. The molecule has 3 aromatic rings. The number of hydrogen-bond donors (Lipinski definition) is 0. The van der Waals surface area contributed by atoms with E-state index in [1.165, 1.54) is 5.56 Å². The summed E-state index contributed by atoms with van der Waals surface area (Å²) in [4.78, 5) is 12.0. The van der Waals surface area contributed by atoms with Gasteiger partial charge in [-0.05, 0) is 41.4 Å². The molecule has 1 aromatic carbocycles. The van der Waals surface area contributed by atoms with Gasteiger partial charge in [-0.3, -0.25) is 0 Å². The highest BCUT2D eigenvalue weighted by atomic mass is 79.9. The van der Waals surface area contributed by atoms with Gasteiger partial charge in [0.1, 0.15) is 22.4 Å². The molecule has 1 aliphatic heterocycles. The summed E-state index contributed by atoms with van der Waals surface area (Å²) < 4.78 is 14.1. The second kappa shape index (κ2) is 5.74. The van der Waals surface area contributed by atoms with Crippen LogP contribution in [-0.4, -0.2) is 6.61 Å². The number of nitrogens with zero attached hydrogens (tertiary/aromatic N) is 1. The minimum Gasteiger partial charge on any atom is -0.492 e. The molecule has 3 heterocycles. The lowest BCUT2D eigenvalue weighted by Crippen LogP contribution is -2.36. The normalized spacial score (nSPS) is 16.2. The zero-order chi connectivity index (χ0) is 16.8. The highest BCUT2D eigenvalue weighted by Gasteiger charge is 2.31. The highest BCUT2D eigenvalue weighted by Crippen LogP contribution is 2.41. The molecule has 0 radical (unpaired) electrons. The first kappa shape index (κ1) is 15.4. The van der Waals surface area contributed by atoms with Crippen molar-refractivity contribution in [3.8, 4) is 5.75 Å². The third-order valence-corrected chi connectivity index (χ3v) is 5.59.